The minimum atomic E-state index is -0.256. The number of ether oxygens (including phenoxy) is 2. The summed E-state index contributed by atoms with van der Waals surface area (Å²) in [5, 5.41) is 0. The molecule has 88 valence electrons. The average Bonchev–Trinajstić information content (AvgIpc) is 3.00. The Kier molecular flexibility index (Phi) is 2.90. The number of hydrogen-bond donors (Lipinski definition) is 1. The Morgan fingerprint density at radius 2 is 1.94 bits per heavy atom. The molecule has 0 unspecified atom stereocenters. The molecule has 0 saturated carbocycles. The van der Waals surface area contributed by atoms with Crippen LogP contribution in [0.2, 0.25) is 0 Å². The first-order valence-corrected chi connectivity index (χ1v) is 5.77. The Hall–Kier alpha value is -1.65. The Balaban J connectivity index is 1.81. The zero-order chi connectivity index (χ0) is 11.5. The molecular formula is C13H15N2O2+. The lowest BCUT2D eigenvalue weighted by molar-refractivity contribution is -0.700. The second-order valence-corrected chi connectivity index (χ2v) is 4.03. The lowest BCUT2D eigenvalue weighted by Gasteiger charge is -2.06. The lowest BCUT2D eigenvalue weighted by atomic mass is 10.2. The van der Waals surface area contributed by atoms with Gasteiger partial charge in [-0.3, -0.25) is 0 Å². The molecule has 0 aliphatic carbocycles. The van der Waals surface area contributed by atoms with Crippen LogP contribution in [0.5, 0.6) is 0 Å². The van der Waals surface area contributed by atoms with Crippen LogP contribution < -0.4 is 4.57 Å². The van der Waals surface area contributed by atoms with E-state index in [1.807, 2.05) is 30.6 Å². The number of imidazole rings is 1. The molecule has 1 aromatic heterocycles. The van der Waals surface area contributed by atoms with E-state index in [1.54, 1.807) is 0 Å². The molecule has 2 aromatic rings. The maximum Gasteiger partial charge on any atom is 0.312 e. The molecule has 1 fully saturated rings. The van der Waals surface area contributed by atoms with Gasteiger partial charge < -0.3 is 9.47 Å². The summed E-state index contributed by atoms with van der Waals surface area (Å²) in [6.07, 6.45) is 3.66. The lowest BCUT2D eigenvalue weighted by Crippen LogP contribution is -2.38. The fourth-order valence-corrected chi connectivity index (χ4v) is 2.01. The maximum absolute atomic E-state index is 5.50. The summed E-state index contributed by atoms with van der Waals surface area (Å²) in [6.45, 7) is 2.15. The molecule has 0 amide bonds. The van der Waals surface area contributed by atoms with Crippen molar-refractivity contribution < 1.29 is 14.0 Å². The summed E-state index contributed by atoms with van der Waals surface area (Å²) in [6, 6.07) is 10.3. The molecule has 2 heterocycles. The van der Waals surface area contributed by atoms with Gasteiger partial charge in [-0.2, -0.15) is 0 Å². The van der Waals surface area contributed by atoms with Crippen molar-refractivity contribution in [3.8, 4) is 0 Å². The Morgan fingerprint density at radius 3 is 2.71 bits per heavy atom. The fraction of sp³-hybridized carbons (Fsp3) is 0.308. The van der Waals surface area contributed by atoms with Gasteiger partial charge in [0.05, 0.1) is 13.2 Å². The molecule has 17 heavy (non-hydrogen) atoms. The third kappa shape index (κ3) is 2.23. The van der Waals surface area contributed by atoms with Crippen molar-refractivity contribution in [1.29, 1.82) is 0 Å². The molecular weight excluding hydrogens is 216 g/mol. The predicted octanol–water partition coefficient (Wildman–Crippen LogP) is 1.40. The van der Waals surface area contributed by atoms with Crippen LogP contribution in [-0.2, 0) is 16.0 Å². The highest BCUT2D eigenvalue weighted by Crippen LogP contribution is 2.18. The summed E-state index contributed by atoms with van der Waals surface area (Å²) in [7, 11) is 0. The molecule has 0 radical (unpaired) electrons. The minimum Gasteiger partial charge on any atom is -0.340 e. The van der Waals surface area contributed by atoms with E-state index in [4.69, 9.17) is 9.47 Å². The van der Waals surface area contributed by atoms with E-state index in [0.717, 1.165) is 12.4 Å². The van der Waals surface area contributed by atoms with E-state index in [0.29, 0.717) is 13.2 Å². The van der Waals surface area contributed by atoms with Gasteiger partial charge >= 0.3 is 5.82 Å². The van der Waals surface area contributed by atoms with Crippen LogP contribution in [-0.4, -0.2) is 18.2 Å². The zero-order valence-corrected chi connectivity index (χ0v) is 9.50. The monoisotopic (exact) mass is 231 g/mol. The van der Waals surface area contributed by atoms with Gasteiger partial charge in [-0.15, -0.1) is 0 Å². The second-order valence-electron chi connectivity index (χ2n) is 4.03. The number of hydrogen-bond acceptors (Lipinski definition) is 2. The van der Waals surface area contributed by atoms with Crippen molar-refractivity contribution in [2.24, 2.45) is 0 Å². The molecule has 1 saturated heterocycles. The largest absolute Gasteiger partial charge is 0.340 e. The third-order valence-corrected chi connectivity index (χ3v) is 2.84. The van der Waals surface area contributed by atoms with E-state index in [1.165, 1.54) is 5.56 Å². The fourth-order valence-electron chi connectivity index (χ4n) is 2.01. The van der Waals surface area contributed by atoms with Crippen molar-refractivity contribution in [2.45, 2.75) is 12.8 Å². The van der Waals surface area contributed by atoms with Gasteiger partial charge in [-0.25, -0.2) is 9.55 Å². The molecule has 3 rings (SSSR count). The van der Waals surface area contributed by atoms with Crippen molar-refractivity contribution >= 4 is 0 Å². The van der Waals surface area contributed by atoms with Crippen molar-refractivity contribution in [3.63, 3.8) is 0 Å². The van der Waals surface area contributed by atoms with E-state index in [9.17, 15) is 0 Å². The number of benzene rings is 1. The van der Waals surface area contributed by atoms with E-state index < -0.39 is 0 Å². The van der Waals surface area contributed by atoms with Crippen molar-refractivity contribution in [3.05, 3.63) is 54.1 Å². The minimum absolute atomic E-state index is 0.256. The second kappa shape index (κ2) is 4.69. The topological polar surface area (TPSA) is 38.1 Å². The normalized spacial score (nSPS) is 16.5. The number of nitrogens with zero attached hydrogens (tertiary/aromatic N) is 1. The van der Waals surface area contributed by atoms with Gasteiger partial charge in [0, 0.05) is 0 Å². The zero-order valence-electron chi connectivity index (χ0n) is 9.50. The first kappa shape index (κ1) is 10.5. The number of rotatable bonds is 3. The van der Waals surface area contributed by atoms with Gasteiger partial charge in [-0.1, -0.05) is 30.3 Å². The van der Waals surface area contributed by atoms with Crippen LogP contribution in [0.3, 0.4) is 0 Å². The first-order valence-electron chi connectivity index (χ1n) is 5.77. The van der Waals surface area contributed by atoms with Crippen LogP contribution in [0.15, 0.2) is 42.7 Å². The predicted molar refractivity (Wildman–Crippen MR) is 61.2 cm³/mol. The van der Waals surface area contributed by atoms with Gasteiger partial charge in [0.1, 0.15) is 18.9 Å². The van der Waals surface area contributed by atoms with Crippen molar-refractivity contribution in [2.75, 3.05) is 13.2 Å². The van der Waals surface area contributed by atoms with Crippen LogP contribution in [0.4, 0.5) is 0 Å². The van der Waals surface area contributed by atoms with Crippen LogP contribution >= 0.6 is 0 Å². The molecule has 0 bridgehead atoms. The molecule has 0 atom stereocenters. The molecule has 4 nitrogen and oxygen atoms in total. The summed E-state index contributed by atoms with van der Waals surface area (Å²) in [4.78, 5) is 3.18. The van der Waals surface area contributed by atoms with Crippen molar-refractivity contribution in [1.82, 2.24) is 4.98 Å². The molecule has 1 aliphatic heterocycles. The summed E-state index contributed by atoms with van der Waals surface area (Å²) < 4.78 is 13.1. The van der Waals surface area contributed by atoms with E-state index in [-0.39, 0.29) is 6.29 Å². The standard InChI is InChI=1S/C13H14N2O2/c1-2-4-11(5-3-1)10-15-7-6-14-12(15)13-16-8-9-17-13/h1-7,13H,8-10H2/p+1. The summed E-state index contributed by atoms with van der Waals surface area (Å²) >= 11 is 0. The quantitative estimate of drug-likeness (QED) is 0.811. The molecule has 1 aromatic carbocycles. The van der Waals surface area contributed by atoms with Crippen LogP contribution in [0.25, 0.3) is 0 Å². The third-order valence-electron chi connectivity index (χ3n) is 2.84. The number of H-pyrrole nitrogens is 1. The molecule has 1 aliphatic rings. The molecule has 1 N–H and O–H groups in total. The van der Waals surface area contributed by atoms with Gasteiger partial charge in [0.2, 0.25) is 0 Å². The SMILES string of the molecule is c1ccc(C[n+]2cc[nH]c2C2OCCO2)cc1. The van der Waals surface area contributed by atoms with E-state index >= 15 is 0 Å². The smallest absolute Gasteiger partial charge is 0.312 e. The Bertz CT molecular complexity index is 475. The summed E-state index contributed by atoms with van der Waals surface area (Å²) in [5.41, 5.74) is 1.26. The maximum atomic E-state index is 5.50. The highest BCUT2D eigenvalue weighted by molar-refractivity contribution is 5.13. The van der Waals surface area contributed by atoms with Crippen LogP contribution in [0.1, 0.15) is 17.7 Å². The van der Waals surface area contributed by atoms with Gasteiger partial charge in [0.25, 0.3) is 6.29 Å². The Labute approximate surface area is 99.8 Å². The summed E-state index contributed by atoms with van der Waals surface area (Å²) in [5.74, 6) is 0.964. The average molecular weight is 231 g/mol. The highest BCUT2D eigenvalue weighted by atomic mass is 16.7. The van der Waals surface area contributed by atoms with E-state index in [2.05, 4.69) is 21.7 Å². The first-order chi connectivity index (χ1) is 8.43. The molecule has 0 spiro atoms. The van der Waals surface area contributed by atoms with Gasteiger partial charge in [0.15, 0.2) is 0 Å². The van der Waals surface area contributed by atoms with Crippen LogP contribution in [0, 0.1) is 0 Å². The number of aromatic amines is 1. The number of aromatic nitrogens is 2. The molecule has 4 heteroatoms. The van der Waals surface area contributed by atoms with Gasteiger partial charge in [-0.05, 0) is 5.56 Å². The Morgan fingerprint density at radius 1 is 1.18 bits per heavy atom. The number of nitrogens with one attached hydrogen (secondary N) is 1. The highest BCUT2D eigenvalue weighted by Gasteiger charge is 2.28.